The number of halogens is 7. The van der Waals surface area contributed by atoms with Gasteiger partial charge in [-0.1, -0.05) is 34.8 Å². The van der Waals surface area contributed by atoms with Crippen molar-refractivity contribution in [2.75, 3.05) is 11.6 Å². The maximum absolute atomic E-state index is 12.8. The lowest BCUT2D eigenvalue weighted by molar-refractivity contribution is -0.253. The molecule has 1 aromatic carbocycles. The van der Waals surface area contributed by atoms with Crippen molar-refractivity contribution >= 4 is 58.5 Å². The van der Waals surface area contributed by atoms with Crippen molar-refractivity contribution in [2.24, 2.45) is 0 Å². The zero-order chi connectivity index (χ0) is 18.1. The van der Waals surface area contributed by atoms with Crippen LogP contribution in [-0.4, -0.2) is 32.8 Å². The van der Waals surface area contributed by atoms with Crippen molar-refractivity contribution in [3.8, 4) is 5.75 Å². The Labute approximate surface area is 152 Å². The molecule has 1 aromatic rings. The molecule has 134 valence electrons. The van der Waals surface area contributed by atoms with E-state index in [1.54, 1.807) is 0 Å². The molecule has 0 spiro atoms. The number of rotatable bonds is 5. The van der Waals surface area contributed by atoms with Crippen LogP contribution in [0.4, 0.5) is 28.0 Å². The van der Waals surface area contributed by atoms with Crippen molar-refractivity contribution in [1.29, 1.82) is 0 Å². The van der Waals surface area contributed by atoms with Crippen molar-refractivity contribution in [2.45, 2.75) is 15.7 Å². The number of nitrogens with zero attached hydrogens (tertiary/aromatic N) is 2. The Morgan fingerprint density at radius 1 is 1.21 bits per heavy atom. The number of anilines is 1. The van der Waals surface area contributed by atoms with Crippen LogP contribution in [-0.2, 0) is 0 Å². The van der Waals surface area contributed by atoms with Gasteiger partial charge in [0.25, 0.3) is 3.12 Å². The summed E-state index contributed by atoms with van der Waals surface area (Å²) >= 11 is 17.3. The van der Waals surface area contributed by atoms with Gasteiger partial charge in [-0.05, 0) is 24.3 Å². The molecule has 0 radical (unpaired) electrons. The van der Waals surface area contributed by atoms with Crippen LogP contribution >= 0.6 is 46.8 Å². The van der Waals surface area contributed by atoms with Gasteiger partial charge < -0.3 is 4.74 Å². The molecule has 24 heavy (non-hydrogen) atoms. The highest BCUT2D eigenvalue weighted by atomic mass is 35.6. The van der Waals surface area contributed by atoms with Crippen molar-refractivity contribution < 1.29 is 27.1 Å². The number of hydrazine groups is 1. The molecule has 0 aromatic heterocycles. The Balaban J connectivity index is 2.05. The number of alkyl halides is 7. The zero-order valence-electron chi connectivity index (χ0n) is 11.4. The van der Waals surface area contributed by atoms with Crippen molar-refractivity contribution in [1.82, 2.24) is 9.84 Å². The van der Waals surface area contributed by atoms with Crippen LogP contribution in [0.1, 0.15) is 0 Å². The Hall–Kier alpha value is -0.810. The molecule has 0 saturated carbocycles. The third-order valence-corrected chi connectivity index (χ3v) is 3.92. The molecule has 1 fully saturated rings. The van der Waals surface area contributed by atoms with Crippen LogP contribution in [0.25, 0.3) is 0 Å². The average molecular weight is 429 g/mol. The maximum atomic E-state index is 12.8. The van der Waals surface area contributed by atoms with Gasteiger partial charge >= 0.3 is 18.6 Å². The zero-order valence-corrected chi connectivity index (χ0v) is 14.4. The minimum absolute atomic E-state index is 0.0278. The Kier molecular flexibility index (Phi) is 5.86. The highest BCUT2D eigenvalue weighted by Crippen LogP contribution is 2.41. The third-order valence-electron chi connectivity index (χ3n) is 2.63. The number of benzene rings is 1. The maximum Gasteiger partial charge on any atom is 0.461 e. The fourth-order valence-corrected chi connectivity index (χ4v) is 2.78. The number of hydrogen-bond acceptors (Lipinski definition) is 4. The summed E-state index contributed by atoms with van der Waals surface area (Å²) in [5, 5.41) is 0. The van der Waals surface area contributed by atoms with E-state index in [4.69, 9.17) is 34.8 Å². The van der Waals surface area contributed by atoms with Gasteiger partial charge in [0.1, 0.15) is 5.75 Å². The van der Waals surface area contributed by atoms with Crippen LogP contribution < -0.4 is 15.1 Å². The van der Waals surface area contributed by atoms with E-state index < -0.39 is 27.4 Å². The van der Waals surface area contributed by atoms with Crippen LogP contribution in [0.3, 0.4) is 0 Å². The van der Waals surface area contributed by atoms with Crippen LogP contribution in [0.2, 0.25) is 0 Å². The Morgan fingerprint density at radius 3 is 2.29 bits per heavy atom. The SMILES string of the molecule is O=C1N(SC(Cl)(Cl)Cl)NCN1c1ccc(OC(F)(F)C(F)F)cc1. The molecule has 0 unspecified atom stereocenters. The third kappa shape index (κ3) is 4.85. The van der Waals surface area contributed by atoms with E-state index >= 15 is 0 Å². The number of ether oxygens (including phenoxy) is 1. The second kappa shape index (κ2) is 7.20. The number of urea groups is 1. The monoisotopic (exact) mass is 427 g/mol. The van der Waals surface area contributed by atoms with E-state index in [1.807, 2.05) is 0 Å². The van der Waals surface area contributed by atoms with Gasteiger partial charge in [-0.25, -0.2) is 4.79 Å². The minimum atomic E-state index is -4.61. The van der Waals surface area contributed by atoms with Crippen LogP contribution in [0, 0.1) is 0 Å². The first-order valence-electron chi connectivity index (χ1n) is 6.05. The van der Waals surface area contributed by atoms with Gasteiger partial charge in [0.05, 0.1) is 6.67 Å². The summed E-state index contributed by atoms with van der Waals surface area (Å²) in [6.45, 7) is 0.0278. The summed E-state index contributed by atoms with van der Waals surface area (Å²) in [6, 6.07) is 3.99. The quantitative estimate of drug-likeness (QED) is 0.423. The molecule has 1 heterocycles. The summed E-state index contributed by atoms with van der Waals surface area (Å²) in [5.74, 6) is -0.476. The second-order valence-corrected chi connectivity index (χ2v) is 8.43. The van der Waals surface area contributed by atoms with Gasteiger partial charge in [-0.3, -0.25) is 4.90 Å². The summed E-state index contributed by atoms with van der Waals surface area (Å²) in [7, 11) is 0. The van der Waals surface area contributed by atoms with E-state index in [0.717, 1.165) is 16.5 Å². The molecule has 13 heteroatoms. The molecule has 0 bridgehead atoms. The molecular weight excluding hydrogens is 421 g/mol. The number of nitrogens with one attached hydrogen (secondary N) is 1. The smallest absolute Gasteiger partial charge is 0.428 e. The van der Waals surface area contributed by atoms with Crippen LogP contribution in [0.5, 0.6) is 5.75 Å². The number of hydrogen-bond donors (Lipinski definition) is 1. The molecule has 1 N–H and O–H groups in total. The number of carbonyl (C=O) groups excluding carboxylic acids is 1. The van der Waals surface area contributed by atoms with Crippen molar-refractivity contribution in [3.63, 3.8) is 0 Å². The first-order valence-corrected chi connectivity index (χ1v) is 7.96. The van der Waals surface area contributed by atoms with Gasteiger partial charge in [0.2, 0.25) is 0 Å². The molecule has 0 atom stereocenters. The fraction of sp³-hybridized carbons (Fsp3) is 0.364. The summed E-state index contributed by atoms with van der Waals surface area (Å²) in [5.41, 5.74) is 2.95. The summed E-state index contributed by atoms with van der Waals surface area (Å²) < 4.78 is 52.9. The first kappa shape index (κ1) is 19.5. The molecule has 2 rings (SSSR count). The topological polar surface area (TPSA) is 44.8 Å². The Morgan fingerprint density at radius 2 is 1.79 bits per heavy atom. The predicted molar refractivity (Wildman–Crippen MR) is 83.6 cm³/mol. The molecule has 0 aliphatic carbocycles. The normalized spacial score (nSPS) is 16.2. The minimum Gasteiger partial charge on any atom is -0.428 e. The predicted octanol–water partition coefficient (Wildman–Crippen LogP) is 4.60. The highest BCUT2D eigenvalue weighted by Gasteiger charge is 2.44. The van der Waals surface area contributed by atoms with E-state index in [2.05, 4.69) is 10.2 Å². The lowest BCUT2D eigenvalue weighted by Gasteiger charge is -2.20. The first-order chi connectivity index (χ1) is 11.0. The van der Waals surface area contributed by atoms with E-state index in [0.29, 0.717) is 17.6 Å². The van der Waals surface area contributed by atoms with Gasteiger partial charge in [-0.2, -0.15) is 27.4 Å². The molecular formula is C11H8Cl3F4N3O2S. The molecule has 1 saturated heterocycles. The standard InChI is InChI=1S/C11H8Cl3F4N3O2S/c12-11(13,14)24-21-9(22)20(5-19-21)6-1-3-7(4-2-6)23-10(17,18)8(15)16/h1-4,8,19H,5H2. The summed E-state index contributed by atoms with van der Waals surface area (Å²) in [6.07, 6.45) is -8.57. The highest BCUT2D eigenvalue weighted by molar-refractivity contribution is 8.03. The second-order valence-electron chi connectivity index (χ2n) is 4.32. The van der Waals surface area contributed by atoms with Gasteiger partial charge in [-0.15, -0.1) is 0 Å². The largest absolute Gasteiger partial charge is 0.461 e. The van der Waals surface area contributed by atoms with E-state index in [1.165, 1.54) is 17.0 Å². The molecule has 2 amide bonds. The fourth-order valence-electron chi connectivity index (χ4n) is 1.65. The van der Waals surface area contributed by atoms with Crippen molar-refractivity contribution in [3.05, 3.63) is 24.3 Å². The lowest BCUT2D eigenvalue weighted by Crippen LogP contribution is -2.33. The van der Waals surface area contributed by atoms with Gasteiger partial charge in [0, 0.05) is 17.6 Å². The molecule has 5 nitrogen and oxygen atoms in total. The number of carbonyl (C=O) groups is 1. The number of amides is 2. The van der Waals surface area contributed by atoms with E-state index in [9.17, 15) is 22.4 Å². The molecule has 1 aliphatic heterocycles. The average Bonchev–Trinajstić information content (AvgIpc) is 2.79. The summed E-state index contributed by atoms with van der Waals surface area (Å²) in [4.78, 5) is 13.3. The Bertz CT molecular complexity index is 603. The van der Waals surface area contributed by atoms with Gasteiger partial charge in [0.15, 0.2) is 0 Å². The molecule has 1 aliphatic rings. The van der Waals surface area contributed by atoms with E-state index in [-0.39, 0.29) is 6.67 Å². The van der Waals surface area contributed by atoms with Crippen LogP contribution in [0.15, 0.2) is 24.3 Å². The lowest BCUT2D eigenvalue weighted by atomic mass is 10.3.